The van der Waals surface area contributed by atoms with Crippen molar-refractivity contribution in [1.29, 1.82) is 0 Å². The third-order valence-corrected chi connectivity index (χ3v) is 3.95. The number of nitrogens with two attached hydrogens (primary N) is 5. The number of carbonyl (C=O) groups excluding carboxylic acids is 3. The lowest BCUT2D eigenvalue weighted by Gasteiger charge is -2.10. The molecule has 6 atom stereocenters. The average molecular weight is 519 g/mol. The molecule has 12 N–H and O–H groups in total. The molecular formula is C22H55B2N7O5. The predicted octanol–water partition coefficient (Wildman–Crippen LogP) is 0.201. The van der Waals surface area contributed by atoms with Gasteiger partial charge in [-0.25, -0.2) is 10.2 Å². The van der Waals surface area contributed by atoms with Crippen LogP contribution in [0.5, 0.6) is 0 Å². The highest BCUT2D eigenvalue weighted by Crippen LogP contribution is 2.10. The highest BCUT2D eigenvalue weighted by molar-refractivity contribution is 6.59. The van der Waals surface area contributed by atoms with Crippen LogP contribution in [0, 0.1) is 0 Å². The first-order chi connectivity index (χ1) is 14.7. The summed E-state index contributed by atoms with van der Waals surface area (Å²) in [6.07, 6.45) is 3.85. The lowest BCUT2D eigenvalue weighted by Crippen LogP contribution is -2.33. The number of urea groups is 1. The summed E-state index contributed by atoms with van der Waals surface area (Å²) in [7, 11) is 9.76. The highest BCUT2D eigenvalue weighted by atomic mass is 16.5. The number of nitrogens with zero attached hydrogens (tertiary/aromatic N) is 1. The number of primary amides is 1. The Morgan fingerprint density at radius 1 is 1.14 bits per heavy atom. The normalized spacial score (nSPS) is 18.3. The quantitative estimate of drug-likeness (QED) is 0.105. The fourth-order valence-electron chi connectivity index (χ4n) is 1.45. The van der Waals surface area contributed by atoms with Crippen LogP contribution in [0.15, 0.2) is 5.10 Å². The van der Waals surface area contributed by atoms with E-state index in [9.17, 15) is 14.4 Å². The largest absolute Gasteiger partial charge is 0.461 e. The molecule has 36 heavy (non-hydrogen) atoms. The predicted molar refractivity (Wildman–Crippen MR) is 154 cm³/mol. The first-order valence-electron chi connectivity index (χ1n) is 10.3. The number of rotatable bonds is 7. The van der Waals surface area contributed by atoms with Gasteiger partial charge in [0, 0.05) is 24.3 Å². The van der Waals surface area contributed by atoms with Gasteiger partial charge in [-0.3, -0.25) is 4.79 Å². The summed E-state index contributed by atoms with van der Waals surface area (Å²) >= 11 is 0. The van der Waals surface area contributed by atoms with E-state index in [-0.39, 0.29) is 59.9 Å². The maximum absolute atomic E-state index is 10.4. The summed E-state index contributed by atoms with van der Waals surface area (Å²) in [6, 6.07) is -2.46. The fraction of sp³-hybridized carbons (Fsp3) is 0.818. The Bertz CT molecular complexity index is 547. The zero-order valence-corrected chi connectivity index (χ0v) is 19.4. The Labute approximate surface area is 222 Å². The van der Waals surface area contributed by atoms with Crippen molar-refractivity contribution in [3.05, 3.63) is 0 Å². The molecule has 1 fully saturated rings. The minimum Gasteiger partial charge on any atom is -0.461 e. The standard InChI is InChI=1S/C5H12N4O.C5H9NO2.C4H10BNO.C4H8BNO.4CH4/c1-2-4(6)3-8-9-5(7)10;1-3-4(6)2-5(7)8-3;2*1-2-3(6)4(5)7;;;;/h3-4H,2,6H2,1H3,(H3,7,9,10);3-4H,2,6H2,1H3;3-4,7H,2,6H2,1H3;3H,2,6H2,1H3;4*1H4/b8-3+;;;;;;;. The molecule has 1 rings (SSSR count). The Kier molecular flexibility index (Phi) is 43.8. The number of cyclic esters (lactones) is 1. The van der Waals surface area contributed by atoms with Crippen LogP contribution in [-0.4, -0.2) is 81.0 Å². The van der Waals surface area contributed by atoms with Crippen molar-refractivity contribution in [2.24, 2.45) is 33.8 Å². The molecule has 1 aliphatic heterocycles. The van der Waals surface area contributed by atoms with Gasteiger partial charge in [-0.15, -0.1) is 0 Å². The van der Waals surface area contributed by atoms with Crippen LogP contribution in [0.1, 0.15) is 83.1 Å². The second kappa shape index (κ2) is 31.0. The summed E-state index contributed by atoms with van der Waals surface area (Å²) in [5, 5.41) is 11.9. The summed E-state index contributed by atoms with van der Waals surface area (Å²) in [5.74, 6) is -0.176. The van der Waals surface area contributed by atoms with Gasteiger partial charge < -0.3 is 43.3 Å². The number of aliphatic hydroxyl groups is 1. The molecule has 0 saturated carbocycles. The number of ether oxygens (including phenoxy) is 1. The van der Waals surface area contributed by atoms with E-state index in [0.29, 0.717) is 12.8 Å². The lowest BCUT2D eigenvalue weighted by molar-refractivity contribution is -0.140. The molecule has 14 heteroatoms. The molecule has 0 bridgehead atoms. The number of hydrogen-bond acceptors (Lipinski definition) is 10. The Morgan fingerprint density at radius 2 is 1.61 bits per heavy atom. The monoisotopic (exact) mass is 519 g/mol. The van der Waals surface area contributed by atoms with E-state index in [4.69, 9.17) is 54.2 Å². The first kappa shape index (κ1) is 50.8. The third-order valence-electron chi connectivity index (χ3n) is 3.95. The van der Waals surface area contributed by atoms with Crippen molar-refractivity contribution in [3.63, 3.8) is 0 Å². The summed E-state index contributed by atoms with van der Waals surface area (Å²) in [6.45, 7) is 7.41. The molecule has 0 aromatic heterocycles. The van der Waals surface area contributed by atoms with E-state index in [0.717, 1.165) is 12.8 Å². The first-order valence-corrected chi connectivity index (χ1v) is 10.3. The number of esters is 1. The highest BCUT2D eigenvalue weighted by Gasteiger charge is 2.27. The fourth-order valence-corrected chi connectivity index (χ4v) is 1.45. The Morgan fingerprint density at radius 3 is 1.75 bits per heavy atom. The van der Waals surface area contributed by atoms with Gasteiger partial charge in [-0.1, -0.05) is 50.5 Å². The van der Waals surface area contributed by atoms with Gasteiger partial charge in [0.05, 0.1) is 24.2 Å². The SMILES string of the molecule is C.C.C.C.CC1OC(=O)CC1N.CCC(N)/C=N/NC(N)=O.[B]C(=O)C(N)CC.[B]C(O)C(N)CC. The zero-order valence-electron chi connectivity index (χ0n) is 19.4. The summed E-state index contributed by atoms with van der Waals surface area (Å²) < 4.78 is 4.71. The molecule has 0 aromatic rings. The molecule has 1 aliphatic rings. The molecule has 1 heterocycles. The van der Waals surface area contributed by atoms with Crippen molar-refractivity contribution < 1.29 is 24.2 Å². The minimum atomic E-state index is -0.856. The topological polar surface area (TPSA) is 235 Å². The Hall–Kier alpha value is -1.99. The van der Waals surface area contributed by atoms with E-state index in [1.165, 1.54) is 6.21 Å². The molecule has 2 amide bonds. The van der Waals surface area contributed by atoms with Crippen LogP contribution >= 0.6 is 0 Å². The smallest absolute Gasteiger partial charge is 0.332 e. The van der Waals surface area contributed by atoms with Crippen molar-refractivity contribution in [2.75, 3.05) is 0 Å². The molecule has 6 unspecified atom stereocenters. The number of hydrogen-bond donors (Lipinski definition) is 7. The van der Waals surface area contributed by atoms with Crippen LogP contribution < -0.4 is 34.1 Å². The summed E-state index contributed by atoms with van der Waals surface area (Å²) in [4.78, 5) is 30.4. The third kappa shape index (κ3) is 34.2. The van der Waals surface area contributed by atoms with Crippen molar-refractivity contribution >= 4 is 39.6 Å². The van der Waals surface area contributed by atoms with Gasteiger partial charge in [0.15, 0.2) is 7.85 Å². The molecule has 0 aromatic carbocycles. The maximum Gasteiger partial charge on any atom is 0.332 e. The van der Waals surface area contributed by atoms with Crippen LogP contribution in [0.4, 0.5) is 4.79 Å². The van der Waals surface area contributed by atoms with Gasteiger partial charge in [-0.2, -0.15) is 5.10 Å². The van der Waals surface area contributed by atoms with Crippen LogP contribution in [0.25, 0.3) is 0 Å². The van der Waals surface area contributed by atoms with Gasteiger partial charge >= 0.3 is 12.0 Å². The lowest BCUT2D eigenvalue weighted by atomic mass is 9.92. The minimum absolute atomic E-state index is 0. The van der Waals surface area contributed by atoms with Crippen molar-refractivity contribution in [3.8, 4) is 0 Å². The van der Waals surface area contributed by atoms with Crippen LogP contribution in [0.3, 0.4) is 0 Å². The second-order valence-corrected chi connectivity index (χ2v) is 6.87. The molecule has 1 saturated heterocycles. The van der Waals surface area contributed by atoms with Gasteiger partial charge in [-0.05, 0) is 26.2 Å². The molecule has 12 nitrogen and oxygen atoms in total. The Balaban J connectivity index is -0.0000000606. The maximum atomic E-state index is 10.4. The van der Waals surface area contributed by atoms with E-state index < -0.39 is 23.8 Å². The molecule has 4 radical (unpaired) electrons. The molecule has 0 aliphatic carbocycles. The number of carbonyl (C=O) groups is 3. The zero-order chi connectivity index (χ0) is 25.9. The second-order valence-electron chi connectivity index (χ2n) is 6.87. The number of hydrazone groups is 1. The molecule has 214 valence electrons. The molecular weight excluding hydrogens is 464 g/mol. The van der Waals surface area contributed by atoms with Crippen LogP contribution in [-0.2, 0) is 14.3 Å². The number of amides is 2. The van der Waals surface area contributed by atoms with E-state index in [2.05, 4.69) is 5.10 Å². The summed E-state index contributed by atoms with van der Waals surface area (Å²) in [5.41, 5.74) is 27.5. The van der Waals surface area contributed by atoms with Gasteiger partial charge in [0.1, 0.15) is 14.0 Å². The van der Waals surface area contributed by atoms with Gasteiger partial charge in [0.2, 0.25) is 0 Å². The number of nitrogens with one attached hydrogen (secondary N) is 1. The van der Waals surface area contributed by atoms with Crippen LogP contribution in [0.2, 0.25) is 0 Å². The van der Waals surface area contributed by atoms with Crippen molar-refractivity contribution in [1.82, 2.24) is 5.43 Å². The van der Waals surface area contributed by atoms with Gasteiger partial charge in [0.25, 0.3) is 0 Å². The molecule has 0 spiro atoms. The van der Waals surface area contributed by atoms with E-state index in [1.54, 1.807) is 6.92 Å². The van der Waals surface area contributed by atoms with Crippen molar-refractivity contribution in [2.45, 2.75) is 119 Å². The van der Waals surface area contributed by atoms with E-state index in [1.807, 2.05) is 26.2 Å². The number of aliphatic hydroxyl groups excluding tert-OH is 1. The average Bonchev–Trinajstić information content (AvgIpc) is 3.02. The van der Waals surface area contributed by atoms with E-state index >= 15 is 0 Å².